The Balaban J connectivity index is 1.42. The molecule has 1 N–H and O–H groups in total. The Kier molecular flexibility index (Phi) is 5.74. The molecule has 0 saturated carbocycles. The Labute approximate surface area is 171 Å². The van der Waals surface area contributed by atoms with Gasteiger partial charge in [-0.15, -0.1) is 0 Å². The van der Waals surface area contributed by atoms with Crippen molar-refractivity contribution in [3.05, 3.63) is 66.2 Å². The molecule has 4 rings (SSSR count). The normalized spacial score (nSPS) is 14.0. The van der Waals surface area contributed by atoms with Crippen LogP contribution in [0, 0.1) is 6.92 Å². The van der Waals surface area contributed by atoms with E-state index in [9.17, 15) is 0 Å². The Bertz CT molecular complexity index is 941. The molecule has 150 valence electrons. The molecule has 7 heteroatoms. The zero-order valence-corrected chi connectivity index (χ0v) is 16.9. The number of benzene rings is 1. The second-order valence-corrected chi connectivity index (χ2v) is 7.02. The highest BCUT2D eigenvalue weighted by molar-refractivity contribution is 5.60. The smallest absolute Gasteiger partial charge is 0.142 e. The van der Waals surface area contributed by atoms with Gasteiger partial charge >= 0.3 is 0 Å². The molecule has 29 heavy (non-hydrogen) atoms. The molecule has 0 aliphatic carbocycles. The van der Waals surface area contributed by atoms with Crippen molar-refractivity contribution in [3.63, 3.8) is 0 Å². The minimum absolute atomic E-state index is 0.686. The summed E-state index contributed by atoms with van der Waals surface area (Å²) in [6.45, 7) is 6.26. The summed E-state index contributed by atoms with van der Waals surface area (Å²) in [4.78, 5) is 18.0. The molecule has 3 heterocycles. The van der Waals surface area contributed by atoms with Gasteiger partial charge in [-0.2, -0.15) is 0 Å². The second-order valence-electron chi connectivity index (χ2n) is 7.02. The summed E-state index contributed by atoms with van der Waals surface area (Å²) in [7, 11) is 1.72. The van der Waals surface area contributed by atoms with Crippen LogP contribution in [0.4, 0.5) is 17.3 Å². The summed E-state index contributed by atoms with van der Waals surface area (Å²) in [5.41, 5.74) is 2.27. The number of nitrogens with zero attached hydrogens (tertiary/aromatic N) is 5. The van der Waals surface area contributed by atoms with Gasteiger partial charge in [0.25, 0.3) is 0 Å². The molecule has 1 aliphatic rings. The van der Waals surface area contributed by atoms with E-state index in [0.29, 0.717) is 6.54 Å². The van der Waals surface area contributed by atoms with Crippen molar-refractivity contribution >= 4 is 17.3 Å². The van der Waals surface area contributed by atoms with Crippen LogP contribution in [-0.2, 0) is 6.54 Å². The van der Waals surface area contributed by atoms with Crippen molar-refractivity contribution in [2.24, 2.45) is 0 Å². The van der Waals surface area contributed by atoms with E-state index in [0.717, 1.165) is 60.6 Å². The summed E-state index contributed by atoms with van der Waals surface area (Å²) >= 11 is 0. The molecule has 0 atom stereocenters. The fraction of sp³-hybridized carbons (Fsp3) is 0.318. The predicted molar refractivity (Wildman–Crippen MR) is 116 cm³/mol. The lowest BCUT2D eigenvalue weighted by molar-refractivity contribution is 0.413. The first-order chi connectivity index (χ1) is 14.2. The summed E-state index contributed by atoms with van der Waals surface area (Å²) in [6, 6.07) is 14.2. The van der Waals surface area contributed by atoms with Crippen molar-refractivity contribution < 1.29 is 4.74 Å². The van der Waals surface area contributed by atoms with Gasteiger partial charge < -0.3 is 19.9 Å². The average Bonchev–Trinajstić information content (AvgIpc) is 2.78. The number of nitrogens with one attached hydrogen (secondary N) is 1. The topological polar surface area (TPSA) is 66.4 Å². The number of anilines is 3. The molecule has 7 nitrogen and oxygen atoms in total. The van der Waals surface area contributed by atoms with E-state index in [1.165, 1.54) is 0 Å². The first kappa shape index (κ1) is 19.0. The van der Waals surface area contributed by atoms with Gasteiger partial charge in [-0.3, -0.25) is 4.98 Å². The fourth-order valence-corrected chi connectivity index (χ4v) is 3.57. The summed E-state index contributed by atoms with van der Waals surface area (Å²) in [6.07, 6.45) is 3.64. The number of hydrogen-bond donors (Lipinski definition) is 1. The van der Waals surface area contributed by atoms with Crippen LogP contribution < -0.4 is 19.9 Å². The van der Waals surface area contributed by atoms with E-state index >= 15 is 0 Å². The summed E-state index contributed by atoms with van der Waals surface area (Å²) in [5, 5.41) is 3.39. The highest BCUT2D eigenvalue weighted by Gasteiger charge is 2.21. The van der Waals surface area contributed by atoms with E-state index in [4.69, 9.17) is 4.74 Å². The number of methoxy groups -OCH3 is 1. The van der Waals surface area contributed by atoms with E-state index < -0.39 is 0 Å². The molecule has 0 bridgehead atoms. The molecule has 1 fully saturated rings. The zero-order valence-electron chi connectivity index (χ0n) is 16.9. The van der Waals surface area contributed by atoms with Gasteiger partial charge in [0.15, 0.2) is 0 Å². The lowest BCUT2D eigenvalue weighted by Gasteiger charge is -2.37. The van der Waals surface area contributed by atoms with E-state index in [2.05, 4.69) is 42.2 Å². The third-order valence-corrected chi connectivity index (χ3v) is 5.05. The number of aryl methyl sites for hydroxylation is 1. The second kappa shape index (κ2) is 8.77. The number of hydrogen-bond acceptors (Lipinski definition) is 7. The monoisotopic (exact) mass is 390 g/mol. The van der Waals surface area contributed by atoms with Crippen LogP contribution in [0.15, 0.2) is 54.9 Å². The third-order valence-electron chi connectivity index (χ3n) is 5.05. The van der Waals surface area contributed by atoms with Gasteiger partial charge in [0.05, 0.1) is 12.8 Å². The average molecular weight is 390 g/mol. The van der Waals surface area contributed by atoms with Gasteiger partial charge in [-0.1, -0.05) is 18.2 Å². The first-order valence-electron chi connectivity index (χ1n) is 9.84. The lowest BCUT2D eigenvalue weighted by atomic mass is 10.2. The van der Waals surface area contributed by atoms with Gasteiger partial charge in [-0.25, -0.2) is 9.97 Å². The van der Waals surface area contributed by atoms with E-state index in [1.807, 2.05) is 43.5 Å². The third kappa shape index (κ3) is 4.56. The number of rotatable bonds is 6. The molecule has 0 spiro atoms. The van der Waals surface area contributed by atoms with Crippen LogP contribution >= 0.6 is 0 Å². The molecule has 1 aliphatic heterocycles. The molecule has 0 unspecified atom stereocenters. The number of piperazine rings is 1. The van der Waals surface area contributed by atoms with Crippen LogP contribution in [0.1, 0.15) is 11.4 Å². The van der Waals surface area contributed by atoms with Gasteiger partial charge in [0, 0.05) is 51.2 Å². The number of ether oxygens (including phenoxy) is 1. The lowest BCUT2D eigenvalue weighted by Crippen LogP contribution is -2.47. The maximum Gasteiger partial charge on any atom is 0.142 e. The Morgan fingerprint density at radius 2 is 1.79 bits per heavy atom. The minimum Gasteiger partial charge on any atom is -0.495 e. The summed E-state index contributed by atoms with van der Waals surface area (Å²) < 4.78 is 5.52. The Morgan fingerprint density at radius 1 is 1.00 bits per heavy atom. The van der Waals surface area contributed by atoms with Crippen LogP contribution in [0.25, 0.3) is 0 Å². The molecule has 1 saturated heterocycles. The quantitative estimate of drug-likeness (QED) is 0.694. The largest absolute Gasteiger partial charge is 0.495 e. The van der Waals surface area contributed by atoms with Gasteiger partial charge in [0.1, 0.15) is 23.2 Å². The van der Waals surface area contributed by atoms with Gasteiger partial charge in [0.2, 0.25) is 0 Å². The molecule has 3 aromatic rings. The zero-order chi connectivity index (χ0) is 20.1. The maximum atomic E-state index is 5.52. The molecule has 0 amide bonds. The van der Waals surface area contributed by atoms with Crippen LogP contribution in [0.3, 0.4) is 0 Å². The van der Waals surface area contributed by atoms with Crippen molar-refractivity contribution in [1.82, 2.24) is 15.0 Å². The minimum atomic E-state index is 0.686. The van der Waals surface area contributed by atoms with E-state index in [1.54, 1.807) is 13.3 Å². The van der Waals surface area contributed by atoms with Crippen LogP contribution in [0.2, 0.25) is 0 Å². The Hall–Kier alpha value is -3.35. The van der Waals surface area contributed by atoms with Gasteiger partial charge in [-0.05, 0) is 30.7 Å². The van der Waals surface area contributed by atoms with Crippen LogP contribution in [0.5, 0.6) is 5.75 Å². The van der Waals surface area contributed by atoms with E-state index in [-0.39, 0.29) is 0 Å². The SMILES string of the molecule is COc1ccccc1N1CCN(c2cc(NCc3cccnc3)nc(C)n2)CC1. The first-order valence-corrected chi connectivity index (χ1v) is 9.84. The number of aromatic nitrogens is 3. The molecule has 2 aromatic heterocycles. The van der Waals surface area contributed by atoms with Crippen molar-refractivity contribution in [3.8, 4) is 5.75 Å². The Morgan fingerprint density at radius 3 is 2.55 bits per heavy atom. The summed E-state index contributed by atoms with van der Waals surface area (Å²) in [5.74, 6) is 3.48. The predicted octanol–water partition coefficient (Wildman–Crippen LogP) is 3.13. The van der Waals surface area contributed by atoms with Crippen molar-refractivity contribution in [2.75, 3.05) is 48.4 Å². The fourth-order valence-electron chi connectivity index (χ4n) is 3.57. The molecular weight excluding hydrogens is 364 g/mol. The molecule has 1 aromatic carbocycles. The molecular formula is C22H26N6O. The maximum absolute atomic E-state index is 5.52. The number of para-hydroxylation sites is 2. The number of pyridine rings is 1. The van der Waals surface area contributed by atoms with Crippen LogP contribution in [-0.4, -0.2) is 48.2 Å². The standard InChI is InChI=1S/C22H26N6O/c1-17-25-21(24-16-18-6-5-9-23-15-18)14-22(26-17)28-12-10-27(11-13-28)19-7-3-4-8-20(19)29-2/h3-9,14-15H,10-13,16H2,1-2H3,(H,24,25,26). The highest BCUT2D eigenvalue weighted by atomic mass is 16.5. The van der Waals surface area contributed by atoms with Crippen molar-refractivity contribution in [1.29, 1.82) is 0 Å². The molecule has 0 radical (unpaired) electrons. The van der Waals surface area contributed by atoms with Crippen molar-refractivity contribution in [2.45, 2.75) is 13.5 Å². The highest BCUT2D eigenvalue weighted by Crippen LogP contribution is 2.29.